The van der Waals surface area contributed by atoms with Crippen LogP contribution < -0.4 is 4.74 Å². The number of hydrogen-bond acceptors (Lipinski definition) is 2. The van der Waals surface area contributed by atoms with Gasteiger partial charge in [0.05, 0.1) is 17.8 Å². The molecule has 0 bridgehead atoms. The van der Waals surface area contributed by atoms with Crippen LogP contribution in [-0.4, -0.2) is 11.6 Å². The molecule has 0 atom stereocenters. The van der Waals surface area contributed by atoms with Crippen LogP contribution >= 0.6 is 0 Å². The molecule has 2 heteroatoms. The second-order valence-electron chi connectivity index (χ2n) is 3.68. The molecular formula is C14H15NO. The lowest BCUT2D eigenvalue weighted by atomic mass is 10.1. The summed E-state index contributed by atoms with van der Waals surface area (Å²) in [6.07, 6.45) is 1.76. The molecule has 0 amide bonds. The molecule has 0 radical (unpaired) electrons. The van der Waals surface area contributed by atoms with Crippen molar-refractivity contribution in [1.29, 1.82) is 0 Å². The van der Waals surface area contributed by atoms with E-state index in [1.165, 1.54) is 0 Å². The lowest BCUT2D eigenvalue weighted by Gasteiger charge is -2.08. The number of rotatable bonds is 3. The van der Waals surface area contributed by atoms with Gasteiger partial charge in [-0.25, -0.2) is 4.98 Å². The molecule has 0 N–H and O–H groups in total. The van der Waals surface area contributed by atoms with E-state index in [1.807, 2.05) is 38.1 Å². The van der Waals surface area contributed by atoms with Crippen molar-refractivity contribution in [2.45, 2.75) is 13.8 Å². The second kappa shape index (κ2) is 4.35. The number of pyridine rings is 1. The number of nitrogens with zero attached hydrogens (tertiary/aromatic N) is 1. The Balaban J connectivity index is 2.59. The zero-order valence-electron chi connectivity index (χ0n) is 9.66. The summed E-state index contributed by atoms with van der Waals surface area (Å²) in [4.78, 5) is 4.48. The summed E-state index contributed by atoms with van der Waals surface area (Å²) in [5.74, 6) is 0.933. The first kappa shape index (κ1) is 10.7. The average molecular weight is 213 g/mol. The fourth-order valence-corrected chi connectivity index (χ4v) is 1.70. The minimum atomic E-state index is 0.685. The van der Waals surface area contributed by atoms with Gasteiger partial charge < -0.3 is 4.74 Å². The van der Waals surface area contributed by atoms with E-state index in [1.54, 1.807) is 6.08 Å². The van der Waals surface area contributed by atoms with Crippen molar-refractivity contribution in [3.8, 4) is 5.75 Å². The van der Waals surface area contributed by atoms with Crippen LogP contribution in [0.25, 0.3) is 17.0 Å². The monoisotopic (exact) mass is 213 g/mol. The molecular weight excluding hydrogens is 198 g/mol. The van der Waals surface area contributed by atoms with Gasteiger partial charge in [-0.15, -0.1) is 0 Å². The van der Waals surface area contributed by atoms with E-state index < -0.39 is 0 Å². The lowest BCUT2D eigenvalue weighted by molar-refractivity contribution is 0.338. The quantitative estimate of drug-likeness (QED) is 0.777. The first-order valence-electron chi connectivity index (χ1n) is 5.41. The van der Waals surface area contributed by atoms with Crippen LogP contribution in [-0.2, 0) is 0 Å². The molecule has 0 aliphatic carbocycles. The van der Waals surface area contributed by atoms with E-state index in [9.17, 15) is 0 Å². The number of fused-ring (bicyclic) bond motifs is 1. The summed E-state index contributed by atoms with van der Waals surface area (Å²) >= 11 is 0. The molecule has 1 aromatic carbocycles. The zero-order valence-corrected chi connectivity index (χ0v) is 9.66. The first-order chi connectivity index (χ1) is 7.74. The fraction of sp³-hybridized carbons (Fsp3) is 0.214. The van der Waals surface area contributed by atoms with E-state index in [0.717, 1.165) is 27.9 Å². The SMILES string of the molecule is C=Cc1ccc2cc(OCC)c(C)cc2n1. The van der Waals surface area contributed by atoms with Crippen molar-refractivity contribution in [3.05, 3.63) is 42.1 Å². The lowest BCUT2D eigenvalue weighted by Crippen LogP contribution is -1.94. The maximum atomic E-state index is 5.55. The van der Waals surface area contributed by atoms with Gasteiger partial charge in [-0.3, -0.25) is 0 Å². The van der Waals surface area contributed by atoms with Gasteiger partial charge in [-0.2, -0.15) is 0 Å². The first-order valence-corrected chi connectivity index (χ1v) is 5.41. The molecule has 0 aliphatic rings. The minimum absolute atomic E-state index is 0.685. The Kier molecular flexibility index (Phi) is 2.91. The maximum Gasteiger partial charge on any atom is 0.122 e. The van der Waals surface area contributed by atoms with Gasteiger partial charge in [-0.05, 0) is 43.7 Å². The Morgan fingerprint density at radius 1 is 1.38 bits per heavy atom. The van der Waals surface area contributed by atoms with E-state index in [-0.39, 0.29) is 0 Å². The molecule has 0 spiro atoms. The van der Waals surface area contributed by atoms with Crippen molar-refractivity contribution in [2.75, 3.05) is 6.61 Å². The normalized spacial score (nSPS) is 10.4. The molecule has 0 saturated heterocycles. The molecule has 0 aliphatic heterocycles. The van der Waals surface area contributed by atoms with Crippen LogP contribution in [0.1, 0.15) is 18.2 Å². The summed E-state index contributed by atoms with van der Waals surface area (Å²) in [5, 5.41) is 1.10. The van der Waals surface area contributed by atoms with E-state index >= 15 is 0 Å². The number of aryl methyl sites for hydroxylation is 1. The molecule has 1 heterocycles. The van der Waals surface area contributed by atoms with Gasteiger partial charge in [-0.1, -0.05) is 12.6 Å². The molecule has 2 nitrogen and oxygen atoms in total. The molecule has 2 aromatic rings. The van der Waals surface area contributed by atoms with Crippen LogP contribution in [0.3, 0.4) is 0 Å². The van der Waals surface area contributed by atoms with Gasteiger partial charge in [0.1, 0.15) is 5.75 Å². The van der Waals surface area contributed by atoms with Gasteiger partial charge in [0, 0.05) is 5.39 Å². The van der Waals surface area contributed by atoms with Crippen molar-refractivity contribution in [2.24, 2.45) is 0 Å². The van der Waals surface area contributed by atoms with Crippen molar-refractivity contribution in [1.82, 2.24) is 4.98 Å². The summed E-state index contributed by atoms with van der Waals surface area (Å²) in [7, 11) is 0. The number of hydrogen-bond donors (Lipinski definition) is 0. The predicted octanol–water partition coefficient (Wildman–Crippen LogP) is 3.58. The Labute approximate surface area is 95.6 Å². The molecule has 0 fully saturated rings. The summed E-state index contributed by atoms with van der Waals surface area (Å²) in [5.41, 5.74) is 3.00. The Hall–Kier alpha value is -1.83. The van der Waals surface area contributed by atoms with E-state index in [0.29, 0.717) is 6.61 Å². The standard InChI is InChI=1S/C14H15NO/c1-4-12-7-6-11-9-14(16-5-2)10(3)8-13(11)15-12/h4,6-9H,1,5H2,2-3H3. The third-order valence-electron chi connectivity index (χ3n) is 2.52. The summed E-state index contributed by atoms with van der Waals surface area (Å²) < 4.78 is 5.55. The summed E-state index contributed by atoms with van der Waals surface area (Å²) in [6.45, 7) is 8.43. The Morgan fingerprint density at radius 3 is 2.88 bits per heavy atom. The highest BCUT2D eigenvalue weighted by molar-refractivity contribution is 5.82. The topological polar surface area (TPSA) is 22.1 Å². The largest absolute Gasteiger partial charge is 0.494 e. The maximum absolute atomic E-state index is 5.55. The molecule has 16 heavy (non-hydrogen) atoms. The zero-order chi connectivity index (χ0) is 11.5. The van der Waals surface area contributed by atoms with Crippen LogP contribution in [0.5, 0.6) is 5.75 Å². The second-order valence-corrected chi connectivity index (χ2v) is 3.68. The van der Waals surface area contributed by atoms with Crippen LogP contribution in [0.2, 0.25) is 0 Å². The van der Waals surface area contributed by atoms with E-state index in [2.05, 4.69) is 11.6 Å². The van der Waals surface area contributed by atoms with Gasteiger partial charge in [0.15, 0.2) is 0 Å². The average Bonchev–Trinajstić information content (AvgIpc) is 2.30. The summed E-state index contributed by atoms with van der Waals surface area (Å²) in [6, 6.07) is 8.09. The van der Waals surface area contributed by atoms with Crippen LogP contribution in [0.15, 0.2) is 30.8 Å². The highest BCUT2D eigenvalue weighted by Crippen LogP contribution is 2.24. The fourth-order valence-electron chi connectivity index (χ4n) is 1.70. The van der Waals surface area contributed by atoms with Crippen molar-refractivity contribution >= 4 is 17.0 Å². The smallest absolute Gasteiger partial charge is 0.122 e. The Morgan fingerprint density at radius 2 is 2.19 bits per heavy atom. The van der Waals surface area contributed by atoms with Gasteiger partial charge in [0.2, 0.25) is 0 Å². The third-order valence-corrected chi connectivity index (χ3v) is 2.52. The molecule has 0 saturated carbocycles. The molecule has 1 aromatic heterocycles. The van der Waals surface area contributed by atoms with Crippen LogP contribution in [0, 0.1) is 6.92 Å². The number of benzene rings is 1. The van der Waals surface area contributed by atoms with Crippen molar-refractivity contribution < 1.29 is 4.74 Å². The highest BCUT2D eigenvalue weighted by atomic mass is 16.5. The minimum Gasteiger partial charge on any atom is -0.494 e. The Bertz CT molecular complexity index is 531. The molecule has 2 rings (SSSR count). The number of ether oxygens (including phenoxy) is 1. The van der Waals surface area contributed by atoms with Gasteiger partial charge in [0.25, 0.3) is 0 Å². The third kappa shape index (κ3) is 1.91. The predicted molar refractivity (Wildman–Crippen MR) is 67.7 cm³/mol. The van der Waals surface area contributed by atoms with Crippen LogP contribution in [0.4, 0.5) is 0 Å². The number of aromatic nitrogens is 1. The van der Waals surface area contributed by atoms with E-state index in [4.69, 9.17) is 4.74 Å². The van der Waals surface area contributed by atoms with Gasteiger partial charge >= 0.3 is 0 Å². The highest BCUT2D eigenvalue weighted by Gasteiger charge is 2.03. The molecule has 82 valence electrons. The molecule has 0 unspecified atom stereocenters. The van der Waals surface area contributed by atoms with Crippen molar-refractivity contribution in [3.63, 3.8) is 0 Å².